The zero-order chi connectivity index (χ0) is 13.7. The maximum atomic E-state index is 9.83. The Kier molecular flexibility index (Phi) is 5.62. The van der Waals surface area contributed by atoms with E-state index in [0.717, 1.165) is 35.3 Å². The summed E-state index contributed by atoms with van der Waals surface area (Å²) in [5, 5.41) is 13.4. The molecule has 0 radical (unpaired) electrons. The Labute approximate surface area is 123 Å². The van der Waals surface area contributed by atoms with E-state index in [0.29, 0.717) is 5.92 Å². The molecule has 4 nitrogen and oxygen atoms in total. The molecule has 0 aromatic carbocycles. The van der Waals surface area contributed by atoms with Gasteiger partial charge in [0, 0.05) is 12.2 Å². The summed E-state index contributed by atoms with van der Waals surface area (Å²) in [6, 6.07) is 0. The van der Waals surface area contributed by atoms with Crippen LogP contribution >= 0.6 is 23.3 Å². The second kappa shape index (κ2) is 7.02. The third kappa shape index (κ3) is 3.90. The molecule has 6 heteroatoms. The third-order valence-corrected chi connectivity index (χ3v) is 5.71. The first-order valence-electron chi connectivity index (χ1n) is 7.05. The van der Waals surface area contributed by atoms with Crippen LogP contribution in [0.25, 0.3) is 0 Å². The summed E-state index contributed by atoms with van der Waals surface area (Å²) < 4.78 is 5.33. The number of thioether (sulfide) groups is 1. The molecule has 1 aliphatic rings. The number of aryl methyl sites for hydroxylation is 1. The number of hydrogen-bond acceptors (Lipinski definition) is 6. The van der Waals surface area contributed by atoms with E-state index in [1.165, 1.54) is 24.4 Å². The van der Waals surface area contributed by atoms with Gasteiger partial charge in [0.2, 0.25) is 0 Å². The van der Waals surface area contributed by atoms with E-state index >= 15 is 0 Å². The predicted octanol–water partition coefficient (Wildman–Crippen LogP) is 2.33. The minimum atomic E-state index is -0.126. The van der Waals surface area contributed by atoms with Gasteiger partial charge < -0.3 is 10.4 Å². The fourth-order valence-electron chi connectivity index (χ4n) is 2.18. The molecule has 1 fully saturated rings. The van der Waals surface area contributed by atoms with Crippen LogP contribution in [-0.2, 0) is 6.42 Å². The molecule has 0 bridgehead atoms. The highest BCUT2D eigenvalue weighted by Gasteiger charge is 2.44. The van der Waals surface area contributed by atoms with Crippen LogP contribution < -0.4 is 5.32 Å². The second-order valence-corrected chi connectivity index (χ2v) is 7.11. The van der Waals surface area contributed by atoms with Crippen molar-refractivity contribution >= 4 is 23.3 Å². The van der Waals surface area contributed by atoms with Gasteiger partial charge in [-0.2, -0.15) is 4.37 Å². The van der Waals surface area contributed by atoms with Crippen molar-refractivity contribution in [3.8, 4) is 0 Å². The zero-order valence-corrected chi connectivity index (χ0v) is 13.3. The van der Waals surface area contributed by atoms with E-state index in [9.17, 15) is 5.11 Å². The van der Waals surface area contributed by atoms with Crippen molar-refractivity contribution < 1.29 is 5.11 Å². The SMILES string of the molecule is CCCNC(CO)(CSc1nc(CC)ns1)C1CC1. The largest absolute Gasteiger partial charge is 0.394 e. The van der Waals surface area contributed by atoms with E-state index < -0.39 is 0 Å². The number of rotatable bonds is 9. The summed E-state index contributed by atoms with van der Waals surface area (Å²) in [4.78, 5) is 4.49. The molecule has 0 spiro atoms. The van der Waals surface area contributed by atoms with Gasteiger partial charge in [0.05, 0.1) is 12.1 Å². The number of hydrogen-bond donors (Lipinski definition) is 2. The molecule has 1 aliphatic carbocycles. The standard InChI is InChI=1S/C13H23N3OS2/c1-3-7-14-13(8-17,10-5-6-10)9-18-12-15-11(4-2)16-19-12/h10,14,17H,3-9H2,1-2H3. The Morgan fingerprint density at radius 2 is 2.26 bits per heavy atom. The van der Waals surface area contributed by atoms with Gasteiger partial charge in [-0.1, -0.05) is 25.6 Å². The van der Waals surface area contributed by atoms with Crippen molar-refractivity contribution in [3.05, 3.63) is 5.82 Å². The van der Waals surface area contributed by atoms with E-state index in [2.05, 4.69) is 28.5 Å². The van der Waals surface area contributed by atoms with Crippen LogP contribution in [0, 0.1) is 5.92 Å². The normalized spacial score (nSPS) is 18.5. The average molecular weight is 301 g/mol. The van der Waals surface area contributed by atoms with Crippen LogP contribution in [0.15, 0.2) is 4.34 Å². The fraction of sp³-hybridized carbons (Fsp3) is 0.846. The Balaban J connectivity index is 1.95. The van der Waals surface area contributed by atoms with Crippen LogP contribution in [0.4, 0.5) is 0 Å². The summed E-state index contributed by atoms with van der Waals surface area (Å²) in [5.74, 6) is 2.43. The summed E-state index contributed by atoms with van der Waals surface area (Å²) in [6.07, 6.45) is 4.44. The maximum Gasteiger partial charge on any atom is 0.170 e. The topological polar surface area (TPSA) is 58.0 Å². The average Bonchev–Trinajstić information content (AvgIpc) is 3.19. The quantitative estimate of drug-likeness (QED) is 0.686. The highest BCUT2D eigenvalue weighted by atomic mass is 32.2. The molecule has 1 aromatic rings. The first-order chi connectivity index (χ1) is 9.24. The van der Waals surface area contributed by atoms with Crippen molar-refractivity contribution in [2.24, 2.45) is 5.92 Å². The van der Waals surface area contributed by atoms with Crippen LogP contribution in [0.2, 0.25) is 0 Å². The number of aromatic nitrogens is 2. The molecule has 2 N–H and O–H groups in total. The lowest BCUT2D eigenvalue weighted by Crippen LogP contribution is -2.53. The summed E-state index contributed by atoms with van der Waals surface area (Å²) in [7, 11) is 0. The first-order valence-corrected chi connectivity index (χ1v) is 8.81. The monoisotopic (exact) mass is 301 g/mol. The van der Waals surface area contributed by atoms with Crippen LogP contribution in [0.5, 0.6) is 0 Å². The molecular formula is C13H23N3OS2. The van der Waals surface area contributed by atoms with E-state index in [1.54, 1.807) is 11.8 Å². The lowest BCUT2D eigenvalue weighted by atomic mass is 9.96. The number of nitrogens with one attached hydrogen (secondary N) is 1. The van der Waals surface area contributed by atoms with Crippen molar-refractivity contribution in [1.82, 2.24) is 14.7 Å². The zero-order valence-electron chi connectivity index (χ0n) is 11.7. The minimum Gasteiger partial charge on any atom is -0.394 e. The molecule has 0 amide bonds. The van der Waals surface area contributed by atoms with Crippen molar-refractivity contribution in [1.29, 1.82) is 0 Å². The van der Waals surface area contributed by atoms with Gasteiger partial charge in [0.1, 0.15) is 5.82 Å². The molecule has 108 valence electrons. The maximum absolute atomic E-state index is 9.83. The Morgan fingerprint density at radius 3 is 2.79 bits per heavy atom. The second-order valence-electron chi connectivity index (χ2n) is 5.13. The van der Waals surface area contributed by atoms with Gasteiger partial charge in [-0.05, 0) is 43.3 Å². The Morgan fingerprint density at radius 1 is 1.47 bits per heavy atom. The fourth-order valence-corrected chi connectivity index (χ4v) is 4.16. The number of aliphatic hydroxyl groups excluding tert-OH is 1. The third-order valence-electron chi connectivity index (χ3n) is 3.59. The summed E-state index contributed by atoms with van der Waals surface area (Å²) in [5.41, 5.74) is -0.126. The molecule has 1 atom stereocenters. The van der Waals surface area contributed by atoms with E-state index in [1.807, 2.05) is 0 Å². The van der Waals surface area contributed by atoms with Gasteiger partial charge in [-0.25, -0.2) is 4.98 Å². The van der Waals surface area contributed by atoms with Crippen molar-refractivity contribution in [3.63, 3.8) is 0 Å². The molecular weight excluding hydrogens is 278 g/mol. The smallest absolute Gasteiger partial charge is 0.170 e. The molecule has 1 aromatic heterocycles. The summed E-state index contributed by atoms with van der Waals surface area (Å²) in [6.45, 7) is 5.41. The lowest BCUT2D eigenvalue weighted by Gasteiger charge is -2.33. The molecule has 19 heavy (non-hydrogen) atoms. The minimum absolute atomic E-state index is 0.126. The Bertz CT molecular complexity index is 395. The van der Waals surface area contributed by atoms with Crippen molar-refractivity contribution in [2.75, 3.05) is 18.9 Å². The molecule has 1 heterocycles. The van der Waals surface area contributed by atoms with Crippen molar-refractivity contribution in [2.45, 2.75) is 49.4 Å². The van der Waals surface area contributed by atoms with Gasteiger partial charge in [-0.3, -0.25) is 0 Å². The molecule has 1 unspecified atom stereocenters. The predicted molar refractivity (Wildman–Crippen MR) is 80.8 cm³/mol. The number of nitrogens with zero attached hydrogens (tertiary/aromatic N) is 2. The van der Waals surface area contributed by atoms with Gasteiger partial charge in [0.15, 0.2) is 4.34 Å². The molecule has 1 saturated carbocycles. The van der Waals surface area contributed by atoms with Gasteiger partial charge >= 0.3 is 0 Å². The van der Waals surface area contributed by atoms with Gasteiger partial charge in [-0.15, -0.1) is 0 Å². The number of aliphatic hydroxyl groups is 1. The van der Waals surface area contributed by atoms with E-state index in [-0.39, 0.29) is 12.1 Å². The van der Waals surface area contributed by atoms with Crippen LogP contribution in [0.1, 0.15) is 38.9 Å². The molecule has 2 rings (SSSR count). The molecule has 0 saturated heterocycles. The van der Waals surface area contributed by atoms with Crippen LogP contribution in [-0.4, -0.2) is 38.9 Å². The summed E-state index contributed by atoms with van der Waals surface area (Å²) >= 11 is 3.20. The van der Waals surface area contributed by atoms with E-state index in [4.69, 9.17) is 0 Å². The van der Waals surface area contributed by atoms with Gasteiger partial charge in [0.25, 0.3) is 0 Å². The Hall–Kier alpha value is -0.170. The lowest BCUT2D eigenvalue weighted by molar-refractivity contribution is 0.159. The first kappa shape index (κ1) is 15.2. The molecule has 0 aliphatic heterocycles. The highest BCUT2D eigenvalue weighted by Crippen LogP contribution is 2.42. The highest BCUT2D eigenvalue weighted by molar-refractivity contribution is 8.01. The van der Waals surface area contributed by atoms with Crippen LogP contribution in [0.3, 0.4) is 0 Å².